The lowest BCUT2D eigenvalue weighted by Gasteiger charge is -2.12. The molecular weight excluding hydrogens is 280 g/mol. The normalized spacial score (nSPS) is 13.6. The van der Waals surface area contributed by atoms with Crippen molar-refractivity contribution in [3.05, 3.63) is 64.7 Å². The van der Waals surface area contributed by atoms with Gasteiger partial charge < -0.3 is 5.32 Å². The lowest BCUT2D eigenvalue weighted by atomic mass is 10.0. The molecule has 1 N–H and O–H groups in total. The zero-order valence-corrected chi connectivity index (χ0v) is 13.5. The second-order valence-corrected chi connectivity index (χ2v) is 5.58. The number of nitrogens with zero attached hydrogens (tertiary/aromatic N) is 1. The Morgan fingerprint density at radius 1 is 1.05 bits per heavy atom. The Morgan fingerprint density at radius 3 is 2.52 bits per heavy atom. The van der Waals surface area contributed by atoms with Gasteiger partial charge in [0.25, 0.3) is 0 Å². The van der Waals surface area contributed by atoms with Gasteiger partial charge in [0.05, 0.1) is 0 Å². The molecule has 3 rings (SSSR count). The highest BCUT2D eigenvalue weighted by Crippen LogP contribution is 2.26. The van der Waals surface area contributed by atoms with E-state index in [0.717, 1.165) is 26.2 Å². The van der Waals surface area contributed by atoms with Gasteiger partial charge in [-0.3, -0.25) is 4.90 Å². The minimum atomic E-state index is 0. The summed E-state index contributed by atoms with van der Waals surface area (Å²) in [6.45, 7) is 8.58. The third-order valence-corrected chi connectivity index (χ3v) is 4.13. The van der Waals surface area contributed by atoms with E-state index in [1.807, 2.05) is 0 Å². The molecule has 2 aromatic carbocycles. The van der Waals surface area contributed by atoms with Crippen LogP contribution in [-0.4, -0.2) is 11.4 Å². The molecule has 112 valence electrons. The van der Waals surface area contributed by atoms with E-state index in [1.54, 1.807) is 0 Å². The largest absolute Gasteiger partial charge is 0.381 e. The molecular formula is C18H23ClN2. The molecule has 0 atom stereocenters. The first kappa shape index (κ1) is 15.9. The van der Waals surface area contributed by atoms with Gasteiger partial charge in [0, 0.05) is 25.3 Å². The fourth-order valence-corrected chi connectivity index (χ4v) is 2.82. The topological polar surface area (TPSA) is 15.3 Å². The van der Waals surface area contributed by atoms with Crippen LogP contribution in [0.25, 0.3) is 0 Å². The summed E-state index contributed by atoms with van der Waals surface area (Å²) in [6, 6.07) is 15.3. The summed E-state index contributed by atoms with van der Waals surface area (Å²) in [5.41, 5.74) is 6.94. The van der Waals surface area contributed by atoms with Crippen molar-refractivity contribution in [2.75, 3.05) is 11.9 Å². The molecule has 0 spiro atoms. The number of anilines is 1. The van der Waals surface area contributed by atoms with Gasteiger partial charge in [0.2, 0.25) is 0 Å². The number of halogens is 1. The van der Waals surface area contributed by atoms with Crippen LogP contribution in [0.3, 0.4) is 0 Å². The van der Waals surface area contributed by atoms with Crippen molar-refractivity contribution in [1.29, 1.82) is 0 Å². The number of hydrogen-bond acceptors (Lipinski definition) is 2. The quantitative estimate of drug-likeness (QED) is 0.902. The fourth-order valence-electron chi connectivity index (χ4n) is 2.82. The molecule has 21 heavy (non-hydrogen) atoms. The molecule has 1 aliphatic heterocycles. The average molecular weight is 303 g/mol. The van der Waals surface area contributed by atoms with Crippen molar-refractivity contribution in [2.24, 2.45) is 0 Å². The van der Waals surface area contributed by atoms with Gasteiger partial charge in [-0.2, -0.15) is 0 Å². The third kappa shape index (κ3) is 3.58. The molecule has 0 saturated heterocycles. The molecule has 1 aliphatic rings. The predicted octanol–water partition coefficient (Wildman–Crippen LogP) is 4.36. The van der Waals surface area contributed by atoms with Crippen LogP contribution in [0.4, 0.5) is 5.69 Å². The summed E-state index contributed by atoms with van der Waals surface area (Å²) < 4.78 is 0. The lowest BCUT2D eigenvalue weighted by molar-refractivity contribution is 0.300. The van der Waals surface area contributed by atoms with Crippen molar-refractivity contribution < 1.29 is 0 Å². The Balaban J connectivity index is 0.00000161. The van der Waals surface area contributed by atoms with Crippen molar-refractivity contribution in [1.82, 2.24) is 4.90 Å². The van der Waals surface area contributed by atoms with Gasteiger partial charge in [-0.1, -0.05) is 42.8 Å². The molecule has 0 radical (unpaired) electrons. The van der Waals surface area contributed by atoms with Gasteiger partial charge >= 0.3 is 0 Å². The maximum Gasteiger partial charge on any atom is 0.0404 e. The van der Waals surface area contributed by atoms with Crippen LogP contribution in [-0.2, 0) is 19.6 Å². The summed E-state index contributed by atoms with van der Waals surface area (Å²) in [6.07, 6.45) is 0. The van der Waals surface area contributed by atoms with Crippen LogP contribution in [0.2, 0.25) is 0 Å². The molecule has 2 nitrogen and oxygen atoms in total. The van der Waals surface area contributed by atoms with E-state index >= 15 is 0 Å². The van der Waals surface area contributed by atoms with E-state index in [4.69, 9.17) is 0 Å². The van der Waals surface area contributed by atoms with Crippen LogP contribution in [0.15, 0.2) is 42.5 Å². The molecule has 0 aromatic heterocycles. The van der Waals surface area contributed by atoms with Gasteiger partial charge in [0.1, 0.15) is 0 Å². The van der Waals surface area contributed by atoms with Gasteiger partial charge in [-0.25, -0.2) is 0 Å². The summed E-state index contributed by atoms with van der Waals surface area (Å²) in [4.78, 5) is 2.49. The molecule has 0 aliphatic carbocycles. The number of aryl methyl sites for hydroxylation is 1. The minimum absolute atomic E-state index is 0. The highest BCUT2D eigenvalue weighted by molar-refractivity contribution is 5.85. The van der Waals surface area contributed by atoms with Crippen molar-refractivity contribution >= 4 is 18.1 Å². The standard InChI is InChI=1S/C18H22N2.ClH/c1-3-20-12-16-6-4-5-15(18(16)13-20)11-19-17-9-7-14(2)8-10-17;/h4-10,19H,3,11-13H2,1-2H3;1H. The van der Waals surface area contributed by atoms with E-state index in [9.17, 15) is 0 Å². The van der Waals surface area contributed by atoms with Gasteiger partial charge in [0.15, 0.2) is 0 Å². The SMILES string of the molecule is CCN1Cc2cccc(CNc3ccc(C)cc3)c2C1.Cl. The Morgan fingerprint density at radius 2 is 1.81 bits per heavy atom. The van der Waals surface area contributed by atoms with Crippen LogP contribution in [0.1, 0.15) is 29.2 Å². The second-order valence-electron chi connectivity index (χ2n) is 5.58. The predicted molar refractivity (Wildman–Crippen MR) is 92.0 cm³/mol. The highest BCUT2D eigenvalue weighted by atomic mass is 35.5. The molecule has 0 unspecified atom stereocenters. The summed E-state index contributed by atoms with van der Waals surface area (Å²) in [5, 5.41) is 3.53. The van der Waals surface area contributed by atoms with E-state index in [-0.39, 0.29) is 12.4 Å². The zero-order valence-electron chi connectivity index (χ0n) is 12.7. The summed E-state index contributed by atoms with van der Waals surface area (Å²) in [7, 11) is 0. The lowest BCUT2D eigenvalue weighted by Crippen LogP contribution is -2.15. The highest BCUT2D eigenvalue weighted by Gasteiger charge is 2.19. The number of benzene rings is 2. The van der Waals surface area contributed by atoms with E-state index in [2.05, 4.69) is 66.5 Å². The van der Waals surface area contributed by atoms with Gasteiger partial charge in [-0.05, 0) is 42.3 Å². The molecule has 1 heterocycles. The third-order valence-electron chi connectivity index (χ3n) is 4.13. The first-order valence-corrected chi connectivity index (χ1v) is 7.39. The molecule has 0 saturated carbocycles. The molecule has 0 bridgehead atoms. The first-order chi connectivity index (χ1) is 9.76. The molecule has 0 fully saturated rings. The number of rotatable bonds is 4. The molecule has 2 aromatic rings. The molecule has 0 amide bonds. The Hall–Kier alpha value is -1.51. The van der Waals surface area contributed by atoms with Crippen molar-refractivity contribution in [2.45, 2.75) is 33.5 Å². The number of fused-ring (bicyclic) bond motifs is 1. The van der Waals surface area contributed by atoms with Gasteiger partial charge in [-0.15, -0.1) is 12.4 Å². The average Bonchev–Trinajstić information content (AvgIpc) is 2.90. The Labute approximate surface area is 133 Å². The Bertz CT molecular complexity index is 593. The first-order valence-electron chi connectivity index (χ1n) is 7.39. The van der Waals surface area contributed by atoms with E-state index in [0.29, 0.717) is 0 Å². The minimum Gasteiger partial charge on any atom is -0.381 e. The summed E-state index contributed by atoms with van der Waals surface area (Å²) in [5.74, 6) is 0. The monoisotopic (exact) mass is 302 g/mol. The smallest absolute Gasteiger partial charge is 0.0404 e. The van der Waals surface area contributed by atoms with Crippen molar-refractivity contribution in [3.63, 3.8) is 0 Å². The zero-order chi connectivity index (χ0) is 13.9. The van der Waals surface area contributed by atoms with Crippen LogP contribution in [0.5, 0.6) is 0 Å². The summed E-state index contributed by atoms with van der Waals surface area (Å²) >= 11 is 0. The second kappa shape index (κ2) is 6.97. The maximum absolute atomic E-state index is 3.53. The van der Waals surface area contributed by atoms with Crippen LogP contribution < -0.4 is 5.32 Å². The number of hydrogen-bond donors (Lipinski definition) is 1. The fraction of sp³-hybridized carbons (Fsp3) is 0.333. The molecule has 3 heteroatoms. The van der Waals surface area contributed by atoms with E-state index < -0.39 is 0 Å². The van der Waals surface area contributed by atoms with Crippen LogP contribution >= 0.6 is 12.4 Å². The van der Waals surface area contributed by atoms with Crippen LogP contribution in [0, 0.1) is 6.92 Å². The van der Waals surface area contributed by atoms with E-state index in [1.165, 1.54) is 27.9 Å². The Kier molecular flexibility index (Phi) is 5.27. The number of nitrogens with one attached hydrogen (secondary N) is 1. The van der Waals surface area contributed by atoms with Crippen molar-refractivity contribution in [3.8, 4) is 0 Å². The maximum atomic E-state index is 3.53.